The molecule has 1 heterocycles. The molecule has 3 amide bonds. The Labute approximate surface area is 151 Å². The first kappa shape index (κ1) is 17.7. The minimum absolute atomic E-state index is 0.282. The first-order valence-corrected chi connectivity index (χ1v) is 8.48. The summed E-state index contributed by atoms with van der Waals surface area (Å²) in [6.07, 6.45) is -0.445. The van der Waals surface area contributed by atoms with Gasteiger partial charge in [-0.05, 0) is 30.5 Å². The van der Waals surface area contributed by atoms with Crippen molar-refractivity contribution in [1.82, 2.24) is 10.2 Å². The number of amides is 3. The van der Waals surface area contributed by atoms with Crippen molar-refractivity contribution in [3.05, 3.63) is 71.3 Å². The van der Waals surface area contributed by atoms with E-state index in [0.29, 0.717) is 18.5 Å². The fourth-order valence-corrected chi connectivity index (χ4v) is 2.87. The number of rotatable bonds is 5. The molecule has 1 aliphatic heterocycles. The molecule has 0 radical (unpaired) electrons. The van der Waals surface area contributed by atoms with Crippen LogP contribution < -0.4 is 5.32 Å². The summed E-state index contributed by atoms with van der Waals surface area (Å²) in [6.45, 7) is 2.17. The average molecular weight is 352 g/mol. The van der Waals surface area contributed by atoms with Gasteiger partial charge in [0.25, 0.3) is 5.91 Å². The quantitative estimate of drug-likeness (QED) is 0.839. The molecule has 26 heavy (non-hydrogen) atoms. The molecule has 3 rings (SSSR count). The Bertz CT molecular complexity index is 820. The van der Waals surface area contributed by atoms with Gasteiger partial charge in [-0.1, -0.05) is 48.5 Å². The molecule has 0 bridgehead atoms. The largest absolute Gasteiger partial charge is 0.449 e. The fraction of sp³-hybridized carbons (Fsp3) is 0.250. The van der Waals surface area contributed by atoms with E-state index >= 15 is 0 Å². The number of hydrogen-bond donors (Lipinski definition) is 1. The molecule has 6 nitrogen and oxygen atoms in total. The summed E-state index contributed by atoms with van der Waals surface area (Å²) in [5, 5.41) is 2.55. The number of hydrogen-bond acceptors (Lipinski definition) is 4. The van der Waals surface area contributed by atoms with Gasteiger partial charge in [0.05, 0.1) is 5.56 Å². The Kier molecular flexibility index (Phi) is 5.31. The van der Waals surface area contributed by atoms with Crippen LogP contribution in [0.25, 0.3) is 0 Å². The summed E-state index contributed by atoms with van der Waals surface area (Å²) in [6, 6.07) is 16.5. The van der Waals surface area contributed by atoms with E-state index in [0.717, 1.165) is 16.0 Å². The highest BCUT2D eigenvalue weighted by molar-refractivity contribution is 5.99. The maximum Gasteiger partial charge on any atom is 0.339 e. The monoisotopic (exact) mass is 352 g/mol. The van der Waals surface area contributed by atoms with Crippen LogP contribution in [-0.2, 0) is 16.0 Å². The molecule has 134 valence electrons. The van der Waals surface area contributed by atoms with Crippen molar-refractivity contribution in [2.24, 2.45) is 0 Å². The van der Waals surface area contributed by atoms with Gasteiger partial charge in [-0.15, -0.1) is 0 Å². The zero-order valence-corrected chi connectivity index (χ0v) is 14.5. The van der Waals surface area contributed by atoms with E-state index in [4.69, 9.17) is 4.74 Å². The molecule has 1 N–H and O–H groups in total. The Hall–Kier alpha value is -3.15. The molecular formula is C20H20N2O4. The lowest BCUT2D eigenvalue weighted by Crippen LogP contribution is -2.41. The highest BCUT2D eigenvalue weighted by atomic mass is 16.5. The van der Waals surface area contributed by atoms with Gasteiger partial charge in [-0.25, -0.2) is 9.59 Å². The number of carbonyl (C=O) groups is 3. The molecule has 1 atom stereocenters. The van der Waals surface area contributed by atoms with Crippen molar-refractivity contribution in [3.63, 3.8) is 0 Å². The predicted octanol–water partition coefficient (Wildman–Crippen LogP) is 2.37. The molecule has 0 aliphatic carbocycles. The van der Waals surface area contributed by atoms with E-state index < -0.39 is 24.0 Å². The number of nitrogens with zero attached hydrogens (tertiary/aromatic N) is 1. The van der Waals surface area contributed by atoms with Crippen LogP contribution in [0.15, 0.2) is 54.6 Å². The summed E-state index contributed by atoms with van der Waals surface area (Å²) < 4.78 is 5.33. The van der Waals surface area contributed by atoms with Crippen LogP contribution in [-0.4, -0.2) is 42.0 Å². The van der Waals surface area contributed by atoms with Gasteiger partial charge in [0.15, 0.2) is 6.10 Å². The third-order valence-corrected chi connectivity index (χ3v) is 4.23. The molecule has 2 aromatic carbocycles. The maximum atomic E-state index is 12.6. The lowest BCUT2D eigenvalue weighted by atomic mass is 10.00. The molecule has 0 unspecified atom stereocenters. The molecule has 0 aromatic heterocycles. The maximum absolute atomic E-state index is 12.6. The molecule has 6 heteroatoms. The van der Waals surface area contributed by atoms with Crippen LogP contribution >= 0.6 is 0 Å². The van der Waals surface area contributed by atoms with E-state index in [-0.39, 0.29) is 6.54 Å². The van der Waals surface area contributed by atoms with Crippen molar-refractivity contribution < 1.29 is 19.1 Å². The van der Waals surface area contributed by atoms with Crippen LogP contribution in [0.2, 0.25) is 0 Å². The van der Waals surface area contributed by atoms with Crippen molar-refractivity contribution in [1.29, 1.82) is 0 Å². The van der Waals surface area contributed by atoms with Crippen LogP contribution in [0.3, 0.4) is 0 Å². The number of urea groups is 1. The smallest absolute Gasteiger partial charge is 0.339 e. The van der Waals surface area contributed by atoms with E-state index in [1.165, 1.54) is 6.92 Å². The van der Waals surface area contributed by atoms with Crippen molar-refractivity contribution in [2.45, 2.75) is 19.4 Å². The summed E-state index contributed by atoms with van der Waals surface area (Å²) in [4.78, 5) is 37.5. The Morgan fingerprint density at radius 2 is 1.81 bits per heavy atom. The van der Waals surface area contributed by atoms with Gasteiger partial charge in [0.1, 0.15) is 0 Å². The fourth-order valence-electron chi connectivity index (χ4n) is 2.87. The van der Waals surface area contributed by atoms with Crippen LogP contribution in [0.4, 0.5) is 4.79 Å². The van der Waals surface area contributed by atoms with Crippen LogP contribution in [0.1, 0.15) is 28.4 Å². The highest BCUT2D eigenvalue weighted by Gasteiger charge is 2.32. The minimum Gasteiger partial charge on any atom is -0.449 e. The van der Waals surface area contributed by atoms with E-state index in [2.05, 4.69) is 5.32 Å². The van der Waals surface area contributed by atoms with Crippen molar-refractivity contribution >= 4 is 17.9 Å². The lowest BCUT2D eigenvalue weighted by molar-refractivity contribution is -0.136. The second kappa shape index (κ2) is 7.82. The molecule has 1 aliphatic rings. The Morgan fingerprint density at radius 1 is 1.12 bits per heavy atom. The van der Waals surface area contributed by atoms with E-state index in [9.17, 15) is 14.4 Å². The highest BCUT2D eigenvalue weighted by Crippen LogP contribution is 2.17. The second-order valence-electron chi connectivity index (χ2n) is 6.09. The van der Waals surface area contributed by atoms with Gasteiger partial charge in [0, 0.05) is 13.1 Å². The third kappa shape index (κ3) is 3.91. The third-order valence-electron chi connectivity index (χ3n) is 4.23. The zero-order chi connectivity index (χ0) is 18.5. The number of carbonyl (C=O) groups excluding carboxylic acids is 3. The Balaban J connectivity index is 1.71. The normalized spacial score (nSPS) is 14.7. The van der Waals surface area contributed by atoms with Crippen LogP contribution in [0, 0.1) is 0 Å². The number of esters is 1. The second-order valence-corrected chi connectivity index (χ2v) is 6.09. The van der Waals surface area contributed by atoms with Gasteiger partial charge < -0.3 is 10.1 Å². The van der Waals surface area contributed by atoms with Crippen molar-refractivity contribution in [3.8, 4) is 0 Å². The molecule has 1 fully saturated rings. The standard InChI is InChI=1S/C20H20N2O4/c1-14(18(23)22-12-11-21-20(22)25)26-19(24)17-10-6-5-9-16(17)13-15-7-3-2-4-8-15/h2-10,14H,11-13H2,1H3,(H,21,25)/t14-/m0/s1. The number of imide groups is 1. The molecule has 0 spiro atoms. The number of nitrogens with one attached hydrogen (secondary N) is 1. The molecule has 2 aromatic rings. The Morgan fingerprint density at radius 3 is 2.50 bits per heavy atom. The topological polar surface area (TPSA) is 75.7 Å². The van der Waals surface area contributed by atoms with E-state index in [1.807, 2.05) is 42.5 Å². The lowest BCUT2D eigenvalue weighted by Gasteiger charge is -2.19. The van der Waals surface area contributed by atoms with Gasteiger partial charge in [0.2, 0.25) is 0 Å². The SMILES string of the molecule is C[C@H](OC(=O)c1ccccc1Cc1ccccc1)C(=O)N1CCNC1=O. The van der Waals surface area contributed by atoms with Gasteiger partial charge >= 0.3 is 12.0 Å². The first-order valence-electron chi connectivity index (χ1n) is 8.48. The summed E-state index contributed by atoms with van der Waals surface area (Å²) >= 11 is 0. The number of ether oxygens (including phenoxy) is 1. The zero-order valence-electron chi connectivity index (χ0n) is 14.5. The molecule has 1 saturated heterocycles. The van der Waals surface area contributed by atoms with Crippen LogP contribution in [0.5, 0.6) is 0 Å². The minimum atomic E-state index is -1.03. The average Bonchev–Trinajstić information content (AvgIpc) is 3.08. The van der Waals surface area contributed by atoms with Crippen molar-refractivity contribution in [2.75, 3.05) is 13.1 Å². The van der Waals surface area contributed by atoms with Gasteiger partial charge in [-0.3, -0.25) is 9.69 Å². The molecular weight excluding hydrogens is 332 g/mol. The number of benzene rings is 2. The van der Waals surface area contributed by atoms with Gasteiger partial charge in [-0.2, -0.15) is 0 Å². The first-order chi connectivity index (χ1) is 12.6. The molecule has 0 saturated carbocycles. The summed E-state index contributed by atoms with van der Waals surface area (Å²) in [7, 11) is 0. The summed E-state index contributed by atoms with van der Waals surface area (Å²) in [5.74, 6) is -1.09. The summed E-state index contributed by atoms with van der Waals surface area (Å²) in [5.41, 5.74) is 2.31. The predicted molar refractivity (Wildman–Crippen MR) is 95.7 cm³/mol. The van der Waals surface area contributed by atoms with E-state index in [1.54, 1.807) is 12.1 Å².